The van der Waals surface area contributed by atoms with Crippen LogP contribution in [0.15, 0.2) is 24.3 Å². The molecule has 1 aromatic carbocycles. The predicted molar refractivity (Wildman–Crippen MR) is 72.4 cm³/mol. The van der Waals surface area contributed by atoms with E-state index < -0.39 is 0 Å². The molecule has 1 atom stereocenters. The van der Waals surface area contributed by atoms with Gasteiger partial charge >= 0.3 is 0 Å². The fourth-order valence-electron chi connectivity index (χ4n) is 2.72. The molecule has 0 amide bonds. The summed E-state index contributed by atoms with van der Waals surface area (Å²) in [6, 6.07) is 7.83. The van der Waals surface area contributed by atoms with Gasteiger partial charge in [0.05, 0.1) is 6.10 Å². The van der Waals surface area contributed by atoms with Gasteiger partial charge in [0.15, 0.2) is 0 Å². The number of halogens is 1. The van der Waals surface area contributed by atoms with Crippen LogP contribution in [0.3, 0.4) is 0 Å². The average Bonchev–Trinajstić information content (AvgIpc) is 2.61. The van der Waals surface area contributed by atoms with Crippen LogP contribution in [0, 0.1) is 5.92 Å². The first-order valence-electron chi connectivity index (χ1n) is 6.68. The third kappa shape index (κ3) is 4.01. The Morgan fingerprint density at radius 3 is 2.24 bits per heavy atom. The highest BCUT2D eigenvalue weighted by Gasteiger charge is 2.20. The molecular formula is C15H21ClO. The maximum absolute atomic E-state index is 10.3. The first kappa shape index (κ1) is 12.9. The van der Waals surface area contributed by atoms with Gasteiger partial charge in [0, 0.05) is 5.02 Å². The third-order valence-electron chi connectivity index (χ3n) is 3.80. The molecule has 2 rings (SSSR count). The van der Waals surface area contributed by atoms with Crippen LogP contribution in [0.1, 0.15) is 44.1 Å². The number of aliphatic hydroxyl groups is 1. The summed E-state index contributed by atoms with van der Waals surface area (Å²) in [4.78, 5) is 0. The molecule has 94 valence electrons. The van der Waals surface area contributed by atoms with Crippen molar-refractivity contribution >= 4 is 11.6 Å². The Kier molecular flexibility index (Phi) is 4.87. The molecular weight excluding hydrogens is 232 g/mol. The second-order valence-corrected chi connectivity index (χ2v) is 5.59. The average molecular weight is 253 g/mol. The molecule has 1 unspecified atom stereocenters. The third-order valence-corrected chi connectivity index (χ3v) is 4.05. The van der Waals surface area contributed by atoms with Gasteiger partial charge in [0.25, 0.3) is 0 Å². The number of aliphatic hydroxyl groups excluding tert-OH is 1. The largest absolute Gasteiger partial charge is 0.392 e. The summed E-state index contributed by atoms with van der Waals surface area (Å²) in [5.41, 5.74) is 1.19. The molecule has 0 heterocycles. The van der Waals surface area contributed by atoms with Crippen molar-refractivity contribution < 1.29 is 5.11 Å². The van der Waals surface area contributed by atoms with Crippen LogP contribution in [0.2, 0.25) is 5.02 Å². The van der Waals surface area contributed by atoms with Crippen LogP contribution in [0.5, 0.6) is 0 Å². The number of hydrogen-bond donors (Lipinski definition) is 1. The fraction of sp³-hybridized carbons (Fsp3) is 0.600. The van der Waals surface area contributed by atoms with E-state index >= 15 is 0 Å². The first-order valence-corrected chi connectivity index (χ1v) is 7.06. The fourth-order valence-corrected chi connectivity index (χ4v) is 2.85. The Labute approximate surface area is 109 Å². The van der Waals surface area contributed by atoms with Crippen molar-refractivity contribution in [1.29, 1.82) is 0 Å². The second kappa shape index (κ2) is 6.42. The van der Waals surface area contributed by atoms with E-state index in [1.807, 2.05) is 24.3 Å². The van der Waals surface area contributed by atoms with Crippen LogP contribution in [-0.2, 0) is 6.42 Å². The lowest BCUT2D eigenvalue weighted by Gasteiger charge is -2.21. The number of hydrogen-bond acceptors (Lipinski definition) is 1. The van der Waals surface area contributed by atoms with Crippen molar-refractivity contribution in [3.63, 3.8) is 0 Å². The number of benzene rings is 1. The van der Waals surface area contributed by atoms with Crippen LogP contribution < -0.4 is 0 Å². The molecule has 0 aromatic heterocycles. The Morgan fingerprint density at radius 2 is 1.65 bits per heavy atom. The molecule has 1 aliphatic carbocycles. The SMILES string of the molecule is OC(Cc1ccc(Cl)cc1)C1CCCCCC1. The molecule has 0 bridgehead atoms. The highest BCUT2D eigenvalue weighted by molar-refractivity contribution is 6.30. The molecule has 2 heteroatoms. The van der Waals surface area contributed by atoms with Crippen molar-refractivity contribution in [1.82, 2.24) is 0 Å². The molecule has 1 nitrogen and oxygen atoms in total. The van der Waals surface area contributed by atoms with Crippen molar-refractivity contribution in [3.8, 4) is 0 Å². The van der Waals surface area contributed by atoms with Crippen LogP contribution in [-0.4, -0.2) is 11.2 Å². The molecule has 1 aliphatic rings. The molecule has 1 fully saturated rings. The predicted octanol–water partition coefficient (Wildman–Crippen LogP) is 4.21. The Bertz CT molecular complexity index is 325. The monoisotopic (exact) mass is 252 g/mol. The minimum atomic E-state index is -0.186. The Balaban J connectivity index is 1.90. The van der Waals surface area contributed by atoms with Gasteiger partial charge < -0.3 is 5.11 Å². The zero-order chi connectivity index (χ0) is 12.1. The normalized spacial score (nSPS) is 19.9. The van der Waals surface area contributed by atoms with E-state index in [1.165, 1.54) is 44.1 Å². The highest BCUT2D eigenvalue weighted by Crippen LogP contribution is 2.27. The minimum absolute atomic E-state index is 0.186. The highest BCUT2D eigenvalue weighted by atomic mass is 35.5. The Morgan fingerprint density at radius 1 is 1.06 bits per heavy atom. The number of rotatable bonds is 3. The summed E-state index contributed by atoms with van der Waals surface area (Å²) < 4.78 is 0. The summed E-state index contributed by atoms with van der Waals surface area (Å²) in [5, 5.41) is 11.1. The molecule has 0 radical (unpaired) electrons. The molecule has 1 saturated carbocycles. The van der Waals surface area contributed by atoms with E-state index in [1.54, 1.807) is 0 Å². The van der Waals surface area contributed by atoms with Gasteiger partial charge in [0.2, 0.25) is 0 Å². The molecule has 1 N–H and O–H groups in total. The van der Waals surface area contributed by atoms with E-state index in [0.29, 0.717) is 5.92 Å². The molecule has 17 heavy (non-hydrogen) atoms. The topological polar surface area (TPSA) is 20.2 Å². The van der Waals surface area contributed by atoms with Crippen molar-refractivity contribution in [3.05, 3.63) is 34.9 Å². The van der Waals surface area contributed by atoms with Crippen molar-refractivity contribution in [2.75, 3.05) is 0 Å². The quantitative estimate of drug-likeness (QED) is 0.799. The van der Waals surface area contributed by atoms with Crippen LogP contribution >= 0.6 is 11.6 Å². The maximum atomic E-state index is 10.3. The summed E-state index contributed by atoms with van der Waals surface area (Å²) in [7, 11) is 0. The minimum Gasteiger partial charge on any atom is -0.392 e. The zero-order valence-corrected chi connectivity index (χ0v) is 11.0. The van der Waals surface area contributed by atoms with Gasteiger partial charge in [-0.1, -0.05) is 49.4 Å². The molecule has 0 spiro atoms. The van der Waals surface area contributed by atoms with E-state index in [0.717, 1.165) is 11.4 Å². The second-order valence-electron chi connectivity index (χ2n) is 5.15. The molecule has 0 aliphatic heterocycles. The van der Waals surface area contributed by atoms with Gasteiger partial charge in [-0.25, -0.2) is 0 Å². The van der Waals surface area contributed by atoms with Crippen molar-refractivity contribution in [2.45, 2.75) is 51.0 Å². The van der Waals surface area contributed by atoms with E-state index in [-0.39, 0.29) is 6.10 Å². The zero-order valence-electron chi connectivity index (χ0n) is 10.2. The lowest BCUT2D eigenvalue weighted by atomic mass is 9.90. The van der Waals surface area contributed by atoms with Crippen LogP contribution in [0.4, 0.5) is 0 Å². The van der Waals surface area contributed by atoms with Crippen LogP contribution in [0.25, 0.3) is 0 Å². The first-order chi connectivity index (χ1) is 8.25. The molecule has 0 saturated heterocycles. The maximum Gasteiger partial charge on any atom is 0.0608 e. The van der Waals surface area contributed by atoms with Crippen molar-refractivity contribution in [2.24, 2.45) is 5.92 Å². The summed E-state index contributed by atoms with van der Waals surface area (Å²) in [5.74, 6) is 0.494. The summed E-state index contributed by atoms with van der Waals surface area (Å²) in [6.07, 6.45) is 8.19. The van der Waals surface area contributed by atoms with E-state index in [9.17, 15) is 5.11 Å². The van der Waals surface area contributed by atoms with E-state index in [4.69, 9.17) is 11.6 Å². The summed E-state index contributed by atoms with van der Waals surface area (Å²) in [6.45, 7) is 0. The van der Waals surface area contributed by atoms with Gasteiger partial charge in [-0.05, 0) is 42.9 Å². The lowest BCUT2D eigenvalue weighted by Crippen LogP contribution is -2.22. The van der Waals surface area contributed by atoms with Gasteiger partial charge in [0.1, 0.15) is 0 Å². The van der Waals surface area contributed by atoms with Gasteiger partial charge in [-0.2, -0.15) is 0 Å². The summed E-state index contributed by atoms with van der Waals surface area (Å²) >= 11 is 5.86. The Hall–Kier alpha value is -0.530. The lowest BCUT2D eigenvalue weighted by molar-refractivity contribution is 0.0986. The smallest absolute Gasteiger partial charge is 0.0608 e. The molecule has 1 aromatic rings. The van der Waals surface area contributed by atoms with Gasteiger partial charge in [-0.3, -0.25) is 0 Å². The van der Waals surface area contributed by atoms with Gasteiger partial charge in [-0.15, -0.1) is 0 Å². The standard InChI is InChI=1S/C15H21ClO/c16-14-9-7-12(8-10-14)11-15(17)13-5-3-1-2-4-6-13/h7-10,13,15,17H,1-6,11H2. The van der Waals surface area contributed by atoms with E-state index in [2.05, 4.69) is 0 Å².